The molecule has 0 aromatic heterocycles. The van der Waals surface area contributed by atoms with Gasteiger partial charge >= 0.3 is 0 Å². The normalized spacial score (nSPS) is 17.8. The van der Waals surface area contributed by atoms with Gasteiger partial charge in [0.1, 0.15) is 0 Å². The lowest BCUT2D eigenvalue weighted by Crippen LogP contribution is -2.33. The van der Waals surface area contributed by atoms with Crippen LogP contribution in [-0.4, -0.2) is 22.5 Å². The van der Waals surface area contributed by atoms with Crippen LogP contribution in [0.4, 0.5) is 0 Å². The minimum Gasteiger partial charge on any atom is -0.370 e. The van der Waals surface area contributed by atoms with E-state index in [2.05, 4.69) is 10.3 Å². The fourth-order valence-corrected chi connectivity index (χ4v) is 1.96. The average Bonchev–Trinajstić information content (AvgIpc) is 3.11. The third kappa shape index (κ3) is 3.85. The molecular formula is C12H17N3OS. The van der Waals surface area contributed by atoms with Crippen LogP contribution in [0, 0.1) is 0 Å². The minimum atomic E-state index is -0.922. The van der Waals surface area contributed by atoms with Crippen molar-refractivity contribution in [1.82, 2.24) is 5.32 Å². The Kier molecular flexibility index (Phi) is 3.78. The van der Waals surface area contributed by atoms with Crippen LogP contribution in [-0.2, 0) is 17.3 Å². The Bertz CT molecular complexity index is 438. The van der Waals surface area contributed by atoms with Crippen LogP contribution in [0.1, 0.15) is 18.4 Å². The van der Waals surface area contributed by atoms with Crippen molar-refractivity contribution in [3.8, 4) is 0 Å². The van der Waals surface area contributed by atoms with E-state index < -0.39 is 10.8 Å². The number of nitrogens with two attached hydrogens (primary N) is 1. The fraction of sp³-hybridized carbons (Fsp3) is 0.417. The molecule has 2 rings (SSSR count). The molecule has 17 heavy (non-hydrogen) atoms. The van der Waals surface area contributed by atoms with Crippen LogP contribution in [0.25, 0.3) is 0 Å². The van der Waals surface area contributed by atoms with E-state index in [1.54, 1.807) is 6.26 Å². The second-order valence-corrected chi connectivity index (χ2v) is 5.60. The van der Waals surface area contributed by atoms with E-state index in [4.69, 9.17) is 5.73 Å². The van der Waals surface area contributed by atoms with Crippen LogP contribution in [0.5, 0.6) is 0 Å². The SMILES string of the molecule is CS(=O)c1ccc(CN=C(N)NC2CC2)cc1. The molecule has 1 aromatic carbocycles. The van der Waals surface area contributed by atoms with Gasteiger partial charge in [-0.3, -0.25) is 4.21 Å². The second kappa shape index (κ2) is 5.31. The van der Waals surface area contributed by atoms with Gasteiger partial charge in [-0.2, -0.15) is 0 Å². The molecule has 0 amide bonds. The number of hydrogen-bond acceptors (Lipinski definition) is 2. The molecule has 92 valence electrons. The molecule has 1 aliphatic carbocycles. The summed E-state index contributed by atoms with van der Waals surface area (Å²) in [7, 11) is -0.922. The molecule has 1 aliphatic rings. The van der Waals surface area contributed by atoms with Gasteiger partial charge in [-0.05, 0) is 30.5 Å². The van der Waals surface area contributed by atoms with E-state index in [-0.39, 0.29) is 0 Å². The first kappa shape index (κ1) is 12.1. The number of rotatable bonds is 4. The van der Waals surface area contributed by atoms with Gasteiger partial charge in [-0.1, -0.05) is 12.1 Å². The van der Waals surface area contributed by atoms with E-state index in [1.807, 2.05) is 24.3 Å². The molecular weight excluding hydrogens is 234 g/mol. The molecule has 5 heteroatoms. The first-order valence-corrected chi connectivity index (χ1v) is 7.20. The molecule has 1 saturated carbocycles. The maximum Gasteiger partial charge on any atom is 0.189 e. The molecule has 1 unspecified atom stereocenters. The number of aliphatic imine (C=N–C) groups is 1. The number of nitrogens with zero attached hydrogens (tertiary/aromatic N) is 1. The van der Waals surface area contributed by atoms with Gasteiger partial charge in [0.2, 0.25) is 0 Å². The smallest absolute Gasteiger partial charge is 0.189 e. The van der Waals surface area contributed by atoms with Crippen molar-refractivity contribution in [2.45, 2.75) is 30.3 Å². The fourth-order valence-electron chi connectivity index (χ4n) is 1.45. The number of benzene rings is 1. The zero-order chi connectivity index (χ0) is 12.3. The van der Waals surface area contributed by atoms with Gasteiger partial charge in [0.25, 0.3) is 0 Å². The van der Waals surface area contributed by atoms with Gasteiger partial charge in [0.15, 0.2) is 5.96 Å². The Balaban J connectivity index is 1.91. The monoisotopic (exact) mass is 251 g/mol. The summed E-state index contributed by atoms with van der Waals surface area (Å²) in [6.45, 7) is 0.558. The van der Waals surface area contributed by atoms with Crippen molar-refractivity contribution in [3.05, 3.63) is 29.8 Å². The van der Waals surface area contributed by atoms with Crippen molar-refractivity contribution < 1.29 is 4.21 Å². The largest absolute Gasteiger partial charge is 0.370 e. The second-order valence-electron chi connectivity index (χ2n) is 4.22. The summed E-state index contributed by atoms with van der Waals surface area (Å²) < 4.78 is 11.2. The maximum absolute atomic E-state index is 11.2. The molecule has 0 aliphatic heterocycles. The summed E-state index contributed by atoms with van der Waals surface area (Å²) >= 11 is 0. The molecule has 0 spiro atoms. The highest BCUT2D eigenvalue weighted by atomic mass is 32.2. The molecule has 4 nitrogen and oxygen atoms in total. The van der Waals surface area contributed by atoms with Crippen molar-refractivity contribution in [3.63, 3.8) is 0 Å². The van der Waals surface area contributed by atoms with Gasteiger partial charge in [-0.25, -0.2) is 4.99 Å². The van der Waals surface area contributed by atoms with Crippen LogP contribution >= 0.6 is 0 Å². The number of hydrogen-bond donors (Lipinski definition) is 2. The topological polar surface area (TPSA) is 67.5 Å². The van der Waals surface area contributed by atoms with Crippen molar-refractivity contribution >= 4 is 16.8 Å². The molecule has 1 fully saturated rings. The first-order chi connectivity index (χ1) is 8.15. The van der Waals surface area contributed by atoms with E-state index in [0.717, 1.165) is 10.5 Å². The van der Waals surface area contributed by atoms with Gasteiger partial charge in [-0.15, -0.1) is 0 Å². The zero-order valence-electron chi connectivity index (χ0n) is 9.85. The standard InChI is InChI=1S/C12H17N3OS/c1-17(16)11-6-2-9(3-7-11)8-14-12(13)15-10-4-5-10/h2-3,6-7,10H,4-5,8H2,1H3,(H3,13,14,15). The van der Waals surface area contributed by atoms with Gasteiger partial charge < -0.3 is 11.1 Å². The summed E-state index contributed by atoms with van der Waals surface area (Å²) in [4.78, 5) is 5.09. The van der Waals surface area contributed by atoms with E-state index in [0.29, 0.717) is 18.5 Å². The molecule has 0 heterocycles. The third-order valence-corrected chi connectivity index (χ3v) is 3.55. The Labute approximate surface area is 104 Å². The predicted octanol–water partition coefficient (Wildman–Crippen LogP) is 0.991. The quantitative estimate of drug-likeness (QED) is 0.619. The van der Waals surface area contributed by atoms with E-state index >= 15 is 0 Å². The number of nitrogens with one attached hydrogen (secondary N) is 1. The lowest BCUT2D eigenvalue weighted by atomic mass is 10.2. The van der Waals surface area contributed by atoms with Gasteiger partial charge in [0, 0.05) is 28.0 Å². The molecule has 1 atom stereocenters. The zero-order valence-corrected chi connectivity index (χ0v) is 10.7. The van der Waals surface area contributed by atoms with Gasteiger partial charge in [0.05, 0.1) is 6.54 Å². The third-order valence-electron chi connectivity index (χ3n) is 2.62. The number of guanidine groups is 1. The summed E-state index contributed by atoms with van der Waals surface area (Å²) in [6.07, 6.45) is 4.05. The molecule has 0 radical (unpaired) electrons. The van der Waals surface area contributed by atoms with Crippen LogP contribution in [0.3, 0.4) is 0 Å². The maximum atomic E-state index is 11.2. The summed E-state index contributed by atoms with van der Waals surface area (Å²) in [6, 6.07) is 8.13. The van der Waals surface area contributed by atoms with Crippen LogP contribution in [0.2, 0.25) is 0 Å². The Morgan fingerprint density at radius 3 is 2.65 bits per heavy atom. The highest BCUT2D eigenvalue weighted by Gasteiger charge is 2.21. The minimum absolute atomic E-state index is 0.510. The summed E-state index contributed by atoms with van der Waals surface area (Å²) in [5.74, 6) is 0.510. The average molecular weight is 251 g/mol. The van der Waals surface area contributed by atoms with Crippen LogP contribution in [0.15, 0.2) is 34.2 Å². The molecule has 0 bridgehead atoms. The summed E-state index contributed by atoms with van der Waals surface area (Å²) in [5, 5.41) is 3.13. The molecule has 3 N–H and O–H groups in total. The van der Waals surface area contributed by atoms with Crippen molar-refractivity contribution in [2.24, 2.45) is 10.7 Å². The first-order valence-electron chi connectivity index (χ1n) is 5.64. The van der Waals surface area contributed by atoms with Crippen molar-refractivity contribution in [1.29, 1.82) is 0 Å². The Hall–Kier alpha value is -1.36. The Morgan fingerprint density at radius 1 is 1.47 bits per heavy atom. The lowest BCUT2D eigenvalue weighted by Gasteiger charge is -2.03. The predicted molar refractivity (Wildman–Crippen MR) is 70.3 cm³/mol. The lowest BCUT2D eigenvalue weighted by molar-refractivity contribution is 0.687. The van der Waals surface area contributed by atoms with Crippen molar-refractivity contribution in [2.75, 3.05) is 6.26 Å². The van der Waals surface area contributed by atoms with Crippen LogP contribution < -0.4 is 11.1 Å². The molecule has 1 aromatic rings. The van der Waals surface area contributed by atoms with E-state index in [9.17, 15) is 4.21 Å². The highest BCUT2D eigenvalue weighted by Crippen LogP contribution is 2.18. The Morgan fingerprint density at radius 2 is 2.12 bits per heavy atom. The van der Waals surface area contributed by atoms with E-state index in [1.165, 1.54) is 12.8 Å². The summed E-state index contributed by atoms with van der Waals surface area (Å²) in [5.41, 5.74) is 6.80. The molecule has 0 saturated heterocycles. The highest BCUT2D eigenvalue weighted by molar-refractivity contribution is 7.84.